The maximum Gasteiger partial charge on any atom is 0.226 e. The molecule has 0 bridgehead atoms. The molecule has 2 unspecified atom stereocenters. The Hall–Kier alpha value is -1.55. The average molecular weight is 264 g/mol. The van der Waals surface area contributed by atoms with E-state index >= 15 is 0 Å². The number of carbonyl (C=O) groups excluding carboxylic acids is 1. The van der Waals surface area contributed by atoms with E-state index in [4.69, 9.17) is 10.5 Å². The molecule has 0 aliphatic rings. The molecular formula is C15H24N2O2. The minimum atomic E-state index is -0.163. The normalized spacial score (nSPS) is 13.7. The molecule has 1 rings (SSSR count). The van der Waals surface area contributed by atoms with Crippen LogP contribution in [0.25, 0.3) is 0 Å². The third-order valence-corrected chi connectivity index (χ3v) is 3.24. The highest BCUT2D eigenvalue weighted by Gasteiger charge is 2.20. The van der Waals surface area contributed by atoms with Crippen molar-refractivity contribution in [3.63, 3.8) is 0 Å². The molecule has 0 saturated heterocycles. The number of rotatable bonds is 6. The van der Waals surface area contributed by atoms with Crippen molar-refractivity contribution in [3.8, 4) is 5.75 Å². The van der Waals surface area contributed by atoms with Crippen LogP contribution in [0, 0.1) is 12.8 Å². The van der Waals surface area contributed by atoms with Gasteiger partial charge in [0.1, 0.15) is 12.4 Å². The fraction of sp³-hybridized carbons (Fsp3) is 0.533. The van der Waals surface area contributed by atoms with Gasteiger partial charge in [0.05, 0.1) is 12.5 Å². The van der Waals surface area contributed by atoms with Gasteiger partial charge in [-0.1, -0.05) is 19.1 Å². The number of amides is 1. The quantitative estimate of drug-likeness (QED) is 0.852. The van der Waals surface area contributed by atoms with Crippen molar-refractivity contribution in [2.45, 2.75) is 26.8 Å². The summed E-state index contributed by atoms with van der Waals surface area (Å²) in [4.78, 5) is 13.6. The summed E-state index contributed by atoms with van der Waals surface area (Å²) in [7, 11) is 1.78. The second-order valence-corrected chi connectivity index (χ2v) is 5.07. The molecule has 4 heteroatoms. The second kappa shape index (κ2) is 7.14. The van der Waals surface area contributed by atoms with Gasteiger partial charge in [-0.3, -0.25) is 4.79 Å². The second-order valence-electron chi connectivity index (χ2n) is 5.07. The molecule has 2 N–H and O–H groups in total. The lowest BCUT2D eigenvalue weighted by Gasteiger charge is -2.23. The van der Waals surface area contributed by atoms with Gasteiger partial charge in [0.25, 0.3) is 0 Å². The lowest BCUT2D eigenvalue weighted by Crippen LogP contribution is -2.41. The number of carbonyl (C=O) groups is 1. The number of ether oxygens (including phenoxy) is 1. The van der Waals surface area contributed by atoms with Gasteiger partial charge in [-0.2, -0.15) is 0 Å². The Morgan fingerprint density at radius 3 is 2.68 bits per heavy atom. The summed E-state index contributed by atoms with van der Waals surface area (Å²) in [5.41, 5.74) is 6.89. The molecule has 2 atom stereocenters. The first-order valence-corrected chi connectivity index (χ1v) is 6.62. The lowest BCUT2D eigenvalue weighted by atomic mass is 10.0. The van der Waals surface area contributed by atoms with E-state index in [9.17, 15) is 4.79 Å². The predicted molar refractivity (Wildman–Crippen MR) is 77.1 cm³/mol. The zero-order valence-electron chi connectivity index (χ0n) is 12.2. The lowest BCUT2D eigenvalue weighted by molar-refractivity contribution is -0.134. The first kappa shape index (κ1) is 15.5. The van der Waals surface area contributed by atoms with Gasteiger partial charge >= 0.3 is 0 Å². The zero-order valence-corrected chi connectivity index (χ0v) is 12.2. The van der Waals surface area contributed by atoms with E-state index in [1.54, 1.807) is 11.9 Å². The Kier molecular flexibility index (Phi) is 5.83. The molecule has 19 heavy (non-hydrogen) atoms. The maximum atomic E-state index is 12.0. The number of hydrogen-bond acceptors (Lipinski definition) is 3. The van der Waals surface area contributed by atoms with Gasteiger partial charge in [-0.05, 0) is 31.5 Å². The summed E-state index contributed by atoms with van der Waals surface area (Å²) in [6.45, 7) is 6.76. The van der Waals surface area contributed by atoms with E-state index in [0.29, 0.717) is 13.2 Å². The van der Waals surface area contributed by atoms with Crippen molar-refractivity contribution in [2.75, 3.05) is 20.2 Å². The van der Waals surface area contributed by atoms with Gasteiger partial charge in [0.15, 0.2) is 0 Å². The topological polar surface area (TPSA) is 55.6 Å². The number of nitrogens with two attached hydrogens (primary N) is 1. The van der Waals surface area contributed by atoms with E-state index < -0.39 is 0 Å². The van der Waals surface area contributed by atoms with Gasteiger partial charge in [-0.25, -0.2) is 0 Å². The van der Waals surface area contributed by atoms with E-state index in [0.717, 1.165) is 11.3 Å². The highest BCUT2D eigenvalue weighted by molar-refractivity contribution is 5.78. The summed E-state index contributed by atoms with van der Waals surface area (Å²) in [6, 6.07) is 7.74. The summed E-state index contributed by atoms with van der Waals surface area (Å²) in [5.74, 6) is 0.730. The van der Waals surface area contributed by atoms with Gasteiger partial charge < -0.3 is 15.4 Å². The highest BCUT2D eigenvalue weighted by Crippen LogP contribution is 2.12. The van der Waals surface area contributed by atoms with Crippen LogP contribution in [-0.4, -0.2) is 37.0 Å². The van der Waals surface area contributed by atoms with Crippen LogP contribution >= 0.6 is 0 Å². The largest absolute Gasteiger partial charge is 0.492 e. The fourth-order valence-electron chi connectivity index (χ4n) is 1.69. The molecule has 0 radical (unpaired) electrons. The Bertz CT molecular complexity index is 418. The van der Waals surface area contributed by atoms with Crippen molar-refractivity contribution in [1.29, 1.82) is 0 Å². The number of hydrogen-bond donors (Lipinski definition) is 1. The van der Waals surface area contributed by atoms with Crippen LogP contribution in [-0.2, 0) is 4.79 Å². The Morgan fingerprint density at radius 2 is 2.11 bits per heavy atom. The fourth-order valence-corrected chi connectivity index (χ4v) is 1.69. The number of likely N-dealkylation sites (N-methyl/N-ethyl adjacent to an activating group) is 1. The molecule has 0 spiro atoms. The zero-order chi connectivity index (χ0) is 14.4. The van der Waals surface area contributed by atoms with Crippen LogP contribution in [0.1, 0.15) is 19.4 Å². The Balaban J connectivity index is 2.38. The minimum absolute atomic E-state index is 0.0582. The SMILES string of the molecule is Cc1cccc(OCCN(C)C(=O)C(C)C(C)N)c1. The van der Waals surface area contributed by atoms with Crippen molar-refractivity contribution < 1.29 is 9.53 Å². The van der Waals surface area contributed by atoms with E-state index in [1.807, 2.05) is 45.0 Å². The van der Waals surface area contributed by atoms with Crippen LogP contribution in [0.5, 0.6) is 5.75 Å². The Morgan fingerprint density at radius 1 is 1.42 bits per heavy atom. The molecule has 0 aromatic heterocycles. The van der Waals surface area contributed by atoms with E-state index in [2.05, 4.69) is 0 Å². The number of benzene rings is 1. The van der Waals surface area contributed by atoms with Crippen molar-refractivity contribution in [1.82, 2.24) is 4.90 Å². The van der Waals surface area contributed by atoms with Crippen molar-refractivity contribution >= 4 is 5.91 Å². The molecule has 0 saturated carbocycles. The van der Waals surface area contributed by atoms with Crippen molar-refractivity contribution in [2.24, 2.45) is 11.7 Å². The average Bonchev–Trinajstić information content (AvgIpc) is 2.36. The van der Waals surface area contributed by atoms with Gasteiger partial charge in [-0.15, -0.1) is 0 Å². The standard InChI is InChI=1S/C15H24N2O2/c1-11-6-5-7-14(10-11)19-9-8-17(4)15(18)12(2)13(3)16/h5-7,10,12-13H,8-9,16H2,1-4H3. The molecular weight excluding hydrogens is 240 g/mol. The molecule has 106 valence electrons. The molecule has 0 aliphatic carbocycles. The van der Waals surface area contributed by atoms with E-state index in [1.165, 1.54) is 0 Å². The van der Waals surface area contributed by atoms with Crippen molar-refractivity contribution in [3.05, 3.63) is 29.8 Å². The summed E-state index contributed by atoms with van der Waals surface area (Å²) < 4.78 is 5.62. The maximum absolute atomic E-state index is 12.0. The van der Waals surface area contributed by atoms with Crippen LogP contribution in [0.2, 0.25) is 0 Å². The van der Waals surface area contributed by atoms with Crippen LogP contribution < -0.4 is 10.5 Å². The van der Waals surface area contributed by atoms with Gasteiger partial charge in [0, 0.05) is 13.1 Å². The molecule has 1 aromatic rings. The van der Waals surface area contributed by atoms with Crippen LogP contribution in [0.15, 0.2) is 24.3 Å². The third kappa shape index (κ3) is 4.91. The molecule has 4 nitrogen and oxygen atoms in total. The molecule has 0 aliphatic heterocycles. The molecule has 0 fully saturated rings. The predicted octanol–water partition coefficient (Wildman–Crippen LogP) is 1.82. The first-order valence-electron chi connectivity index (χ1n) is 6.62. The molecule has 1 aromatic carbocycles. The smallest absolute Gasteiger partial charge is 0.226 e. The molecule has 0 heterocycles. The van der Waals surface area contributed by atoms with Gasteiger partial charge in [0.2, 0.25) is 5.91 Å². The summed E-state index contributed by atoms with van der Waals surface area (Å²) in [6.07, 6.45) is 0. The van der Waals surface area contributed by atoms with E-state index in [-0.39, 0.29) is 17.9 Å². The summed E-state index contributed by atoms with van der Waals surface area (Å²) in [5, 5.41) is 0. The third-order valence-electron chi connectivity index (χ3n) is 3.24. The highest BCUT2D eigenvalue weighted by atomic mass is 16.5. The Labute approximate surface area is 115 Å². The first-order chi connectivity index (χ1) is 8.91. The molecule has 1 amide bonds. The van der Waals surface area contributed by atoms with Crippen LogP contribution in [0.3, 0.4) is 0 Å². The monoisotopic (exact) mass is 264 g/mol. The number of nitrogens with zero attached hydrogens (tertiary/aromatic N) is 1. The van der Waals surface area contributed by atoms with Crippen LogP contribution in [0.4, 0.5) is 0 Å². The minimum Gasteiger partial charge on any atom is -0.492 e. The summed E-state index contributed by atoms with van der Waals surface area (Å²) >= 11 is 0. The number of aryl methyl sites for hydroxylation is 1.